The van der Waals surface area contributed by atoms with Gasteiger partial charge in [-0.2, -0.15) is 5.10 Å². The van der Waals surface area contributed by atoms with Gasteiger partial charge in [0, 0.05) is 24.6 Å². The topological polar surface area (TPSA) is 89.2 Å². The lowest BCUT2D eigenvalue weighted by Gasteiger charge is -2.09. The number of nitrogens with zero attached hydrogens (tertiary/aromatic N) is 2. The molecule has 0 aliphatic rings. The monoisotopic (exact) mass is 430 g/mol. The molecule has 0 saturated carbocycles. The molecule has 3 rings (SSSR count). The Morgan fingerprint density at radius 3 is 2.70 bits per heavy atom. The van der Waals surface area contributed by atoms with Crippen molar-refractivity contribution < 1.29 is 14.0 Å². The van der Waals surface area contributed by atoms with Crippen LogP contribution in [0.1, 0.15) is 27.4 Å². The van der Waals surface area contributed by atoms with Crippen LogP contribution in [0, 0.1) is 13.8 Å². The van der Waals surface area contributed by atoms with Gasteiger partial charge in [0.05, 0.1) is 10.0 Å². The molecule has 0 fully saturated rings. The Hall–Kier alpha value is -2.87. The van der Waals surface area contributed by atoms with Gasteiger partial charge in [0.1, 0.15) is 18.1 Å². The van der Waals surface area contributed by atoms with Gasteiger partial charge < -0.3 is 15.1 Å². The van der Waals surface area contributed by atoms with E-state index < -0.39 is 0 Å². The van der Waals surface area contributed by atoms with E-state index >= 15 is 0 Å². The van der Waals surface area contributed by atoms with E-state index in [9.17, 15) is 9.59 Å². The van der Waals surface area contributed by atoms with Crippen LogP contribution in [0.3, 0.4) is 0 Å². The minimum atomic E-state index is -0.218. The van der Waals surface area contributed by atoms with Gasteiger partial charge in [-0.05, 0) is 53.5 Å². The fourth-order valence-electron chi connectivity index (χ4n) is 2.69. The van der Waals surface area contributed by atoms with E-state index in [1.807, 2.05) is 18.2 Å². The number of aromatic nitrogens is 2. The summed E-state index contributed by atoms with van der Waals surface area (Å²) in [7, 11) is 0. The van der Waals surface area contributed by atoms with E-state index in [1.165, 1.54) is 0 Å². The predicted octanol–water partition coefficient (Wildman–Crippen LogP) is 3.42. The highest BCUT2D eigenvalue weighted by atomic mass is 79.9. The van der Waals surface area contributed by atoms with Crippen LogP contribution in [0.5, 0.6) is 0 Å². The molecule has 0 bridgehead atoms. The lowest BCUT2D eigenvalue weighted by molar-refractivity contribution is -0.116. The van der Waals surface area contributed by atoms with Crippen molar-refractivity contribution in [2.75, 3.05) is 5.32 Å². The van der Waals surface area contributed by atoms with Gasteiger partial charge in [-0.15, -0.1) is 0 Å². The second kappa shape index (κ2) is 8.22. The molecule has 140 valence electrons. The van der Waals surface area contributed by atoms with Crippen molar-refractivity contribution in [1.29, 1.82) is 0 Å². The molecule has 2 aromatic heterocycles. The fraction of sp³-hybridized carbons (Fsp3) is 0.211. The molecule has 1 aromatic carbocycles. The van der Waals surface area contributed by atoms with Crippen LogP contribution in [0.15, 0.2) is 51.6 Å². The van der Waals surface area contributed by atoms with Gasteiger partial charge in [-0.1, -0.05) is 12.1 Å². The number of rotatable bonds is 6. The molecule has 2 heterocycles. The van der Waals surface area contributed by atoms with Gasteiger partial charge in [-0.3, -0.25) is 14.3 Å². The molecule has 0 spiro atoms. The van der Waals surface area contributed by atoms with E-state index in [2.05, 4.69) is 31.7 Å². The smallest absolute Gasteiger partial charge is 0.256 e. The Kier molecular flexibility index (Phi) is 5.75. The van der Waals surface area contributed by atoms with Gasteiger partial charge in [0.2, 0.25) is 5.91 Å². The number of amides is 2. The number of nitrogens with one attached hydrogen (secondary N) is 2. The van der Waals surface area contributed by atoms with Gasteiger partial charge in [0.15, 0.2) is 0 Å². The average molecular weight is 431 g/mol. The predicted molar refractivity (Wildman–Crippen MR) is 104 cm³/mol. The van der Waals surface area contributed by atoms with Crippen molar-refractivity contribution in [2.24, 2.45) is 0 Å². The van der Waals surface area contributed by atoms with E-state index in [4.69, 9.17) is 4.42 Å². The highest BCUT2D eigenvalue weighted by molar-refractivity contribution is 9.10. The summed E-state index contributed by atoms with van der Waals surface area (Å²) < 4.78 is 7.67. The standard InChI is InChI=1S/C19H19BrN4O3/c1-12-17(18(20)13(2)27-12)19(26)21-10-14-5-3-6-15(9-14)23-16(25)11-24-8-4-7-22-24/h3-9H,10-11H2,1-2H3,(H,21,26)(H,23,25). The molecule has 2 amide bonds. The van der Waals surface area contributed by atoms with Crippen LogP contribution in [0.2, 0.25) is 0 Å². The summed E-state index contributed by atoms with van der Waals surface area (Å²) in [6.07, 6.45) is 3.35. The third-order valence-corrected chi connectivity index (χ3v) is 4.90. The summed E-state index contributed by atoms with van der Waals surface area (Å²) in [5, 5.41) is 9.70. The molecule has 3 aromatic rings. The molecule has 0 aliphatic heterocycles. The largest absolute Gasteiger partial charge is 0.465 e. The Labute approximate surface area is 164 Å². The number of carbonyl (C=O) groups is 2. The Morgan fingerprint density at radius 1 is 1.22 bits per heavy atom. The molecule has 2 N–H and O–H groups in total. The van der Waals surface area contributed by atoms with Crippen molar-refractivity contribution in [3.05, 3.63) is 69.8 Å². The zero-order chi connectivity index (χ0) is 19.4. The number of anilines is 1. The highest BCUT2D eigenvalue weighted by Crippen LogP contribution is 2.27. The first-order chi connectivity index (χ1) is 12.9. The molecule has 8 heteroatoms. The minimum absolute atomic E-state index is 0.140. The lowest BCUT2D eigenvalue weighted by atomic mass is 10.2. The van der Waals surface area contributed by atoms with E-state index in [1.54, 1.807) is 43.1 Å². The Bertz CT molecular complexity index is 964. The molecule has 0 radical (unpaired) electrons. The van der Waals surface area contributed by atoms with Crippen molar-refractivity contribution in [3.8, 4) is 0 Å². The van der Waals surface area contributed by atoms with Crippen LogP contribution in [-0.2, 0) is 17.9 Å². The Balaban J connectivity index is 1.60. The second-order valence-corrected chi connectivity index (χ2v) is 6.83. The van der Waals surface area contributed by atoms with Crippen LogP contribution in [-0.4, -0.2) is 21.6 Å². The number of hydrogen-bond donors (Lipinski definition) is 2. The Morgan fingerprint density at radius 2 is 2.04 bits per heavy atom. The summed E-state index contributed by atoms with van der Waals surface area (Å²) in [4.78, 5) is 24.5. The number of carbonyl (C=O) groups excluding carboxylic acids is 2. The lowest BCUT2D eigenvalue weighted by Crippen LogP contribution is -2.23. The van der Waals surface area contributed by atoms with E-state index in [0.29, 0.717) is 33.8 Å². The molecule has 7 nitrogen and oxygen atoms in total. The van der Waals surface area contributed by atoms with Gasteiger partial charge in [0.25, 0.3) is 5.91 Å². The molecule has 0 saturated heterocycles. The normalized spacial score (nSPS) is 10.6. The highest BCUT2D eigenvalue weighted by Gasteiger charge is 2.19. The minimum Gasteiger partial charge on any atom is -0.465 e. The summed E-state index contributed by atoms with van der Waals surface area (Å²) >= 11 is 3.38. The van der Waals surface area contributed by atoms with Crippen LogP contribution < -0.4 is 10.6 Å². The first-order valence-electron chi connectivity index (χ1n) is 8.34. The van der Waals surface area contributed by atoms with Gasteiger partial charge in [-0.25, -0.2) is 0 Å². The van der Waals surface area contributed by atoms with Crippen molar-refractivity contribution in [1.82, 2.24) is 15.1 Å². The maximum Gasteiger partial charge on any atom is 0.256 e. The van der Waals surface area contributed by atoms with E-state index in [0.717, 1.165) is 5.56 Å². The SMILES string of the molecule is Cc1oc(C)c(C(=O)NCc2cccc(NC(=O)Cn3cccn3)c2)c1Br. The number of hydrogen-bond acceptors (Lipinski definition) is 4. The molecule has 27 heavy (non-hydrogen) atoms. The molecular formula is C19H19BrN4O3. The third kappa shape index (κ3) is 4.65. The second-order valence-electron chi connectivity index (χ2n) is 6.04. The van der Waals surface area contributed by atoms with Crippen LogP contribution >= 0.6 is 15.9 Å². The summed E-state index contributed by atoms with van der Waals surface area (Å²) in [6, 6.07) is 9.09. The van der Waals surface area contributed by atoms with Gasteiger partial charge >= 0.3 is 0 Å². The summed E-state index contributed by atoms with van der Waals surface area (Å²) in [5.74, 6) is 0.841. The summed E-state index contributed by atoms with van der Waals surface area (Å²) in [5.41, 5.74) is 2.03. The number of halogens is 1. The zero-order valence-corrected chi connectivity index (χ0v) is 16.5. The fourth-order valence-corrected chi connectivity index (χ4v) is 3.23. The third-order valence-electron chi connectivity index (χ3n) is 3.94. The average Bonchev–Trinajstić information content (AvgIpc) is 3.21. The van der Waals surface area contributed by atoms with Crippen LogP contribution in [0.25, 0.3) is 0 Å². The molecular weight excluding hydrogens is 412 g/mol. The number of furan rings is 1. The zero-order valence-electron chi connectivity index (χ0n) is 15.0. The first kappa shape index (κ1) is 18.9. The van der Waals surface area contributed by atoms with Crippen LogP contribution in [0.4, 0.5) is 5.69 Å². The molecule has 0 atom stereocenters. The van der Waals surface area contributed by atoms with E-state index in [-0.39, 0.29) is 18.4 Å². The molecule has 0 aliphatic carbocycles. The van der Waals surface area contributed by atoms with Crippen molar-refractivity contribution in [2.45, 2.75) is 26.9 Å². The number of benzene rings is 1. The first-order valence-corrected chi connectivity index (χ1v) is 9.13. The van der Waals surface area contributed by atoms with Crippen molar-refractivity contribution >= 4 is 33.4 Å². The quantitative estimate of drug-likeness (QED) is 0.626. The number of aryl methyl sites for hydroxylation is 2. The summed E-state index contributed by atoms with van der Waals surface area (Å²) in [6.45, 7) is 4.02. The maximum atomic E-state index is 12.4. The molecule has 0 unspecified atom stereocenters. The van der Waals surface area contributed by atoms with Crippen molar-refractivity contribution in [3.63, 3.8) is 0 Å². The maximum absolute atomic E-state index is 12.4.